The molecule has 1 heterocycles. The maximum atomic E-state index is 11.2. The Morgan fingerprint density at radius 3 is 3.00 bits per heavy atom. The summed E-state index contributed by atoms with van der Waals surface area (Å²) in [5.74, 6) is 0.0584. The summed E-state index contributed by atoms with van der Waals surface area (Å²) in [7, 11) is 0. The van der Waals surface area contributed by atoms with Crippen molar-refractivity contribution in [3.8, 4) is 0 Å². The molecule has 1 aliphatic heterocycles. The molecule has 0 fully saturated rings. The van der Waals surface area contributed by atoms with Crippen molar-refractivity contribution in [2.45, 2.75) is 6.42 Å². The van der Waals surface area contributed by atoms with Crippen molar-refractivity contribution >= 4 is 27.5 Å². The molecule has 63 valence electrons. The van der Waals surface area contributed by atoms with E-state index in [1.54, 1.807) is 0 Å². The Balaban J connectivity index is 2.55. The van der Waals surface area contributed by atoms with Gasteiger partial charge in [-0.25, -0.2) is 0 Å². The molecule has 12 heavy (non-hydrogen) atoms. The monoisotopic (exact) mass is 266 g/mol. The topological polar surface area (TPSA) is 20.3 Å². The zero-order chi connectivity index (χ0) is 8.72. The molecular weight excluding hydrogens is 262 g/mol. The molecule has 4 heteroatoms. The third kappa shape index (κ3) is 1.20. The molecule has 0 radical (unpaired) electrons. The Morgan fingerprint density at radius 1 is 1.50 bits per heavy atom. The normalized spacial score (nSPS) is 15.2. The molecule has 0 aromatic heterocycles. The SMILES string of the molecule is O=C1Cc2ccc(Br)cc2[N]1[Fe]. The Morgan fingerprint density at radius 2 is 2.25 bits per heavy atom. The molecule has 1 aliphatic rings. The van der Waals surface area contributed by atoms with Gasteiger partial charge in [0.1, 0.15) is 0 Å². The fraction of sp³-hybridized carbons (Fsp3) is 0.125. The standard InChI is InChI=1S/C8H6BrNO.Fe/c9-6-2-1-5-3-8(11)10-7(5)4-6;/h1-2,4H,3H2,(H,10,11);/q;+1/p-1. The number of rotatable bonds is 0. The summed E-state index contributed by atoms with van der Waals surface area (Å²) in [6, 6.07) is 5.79. The molecule has 0 saturated heterocycles. The van der Waals surface area contributed by atoms with E-state index in [4.69, 9.17) is 0 Å². The van der Waals surface area contributed by atoms with E-state index in [-0.39, 0.29) is 5.91 Å². The fourth-order valence-corrected chi connectivity index (χ4v) is 1.90. The zero-order valence-electron chi connectivity index (χ0n) is 6.03. The third-order valence-electron chi connectivity index (χ3n) is 1.81. The van der Waals surface area contributed by atoms with Crippen molar-refractivity contribution in [3.05, 3.63) is 28.2 Å². The van der Waals surface area contributed by atoms with Crippen molar-refractivity contribution in [2.75, 3.05) is 3.92 Å². The first-order valence-corrected chi connectivity index (χ1v) is 4.73. The summed E-state index contributed by atoms with van der Waals surface area (Å²) in [5.41, 5.74) is 1.97. The molecule has 2 nitrogen and oxygen atoms in total. The molecule has 0 saturated carbocycles. The van der Waals surface area contributed by atoms with E-state index in [2.05, 4.69) is 32.2 Å². The Kier molecular flexibility index (Phi) is 1.99. The number of fused-ring (bicyclic) bond motifs is 1. The molecule has 0 N–H and O–H groups in total. The van der Waals surface area contributed by atoms with E-state index in [0.717, 1.165) is 15.7 Å². The summed E-state index contributed by atoms with van der Waals surface area (Å²) >= 11 is 7.01. The molecule has 1 amide bonds. The average Bonchev–Trinajstić information content (AvgIpc) is 2.31. The minimum atomic E-state index is 0.0584. The Labute approximate surface area is 87.1 Å². The molecule has 2 rings (SSSR count). The summed E-state index contributed by atoms with van der Waals surface area (Å²) in [6.45, 7) is 0. The van der Waals surface area contributed by atoms with Crippen LogP contribution in [0, 0.1) is 0 Å². The van der Waals surface area contributed by atoms with Crippen LogP contribution in [-0.4, -0.2) is 5.91 Å². The number of hydrogen-bond acceptors (Lipinski definition) is 1. The third-order valence-corrected chi connectivity index (χ3v) is 2.84. The first-order valence-electron chi connectivity index (χ1n) is 3.44. The second-order valence-corrected chi connectivity index (χ2v) is 4.02. The molecule has 0 bridgehead atoms. The van der Waals surface area contributed by atoms with Crippen molar-refractivity contribution in [1.82, 2.24) is 0 Å². The summed E-state index contributed by atoms with van der Waals surface area (Å²) in [6.07, 6.45) is 0.478. The zero-order valence-corrected chi connectivity index (χ0v) is 8.72. The van der Waals surface area contributed by atoms with E-state index >= 15 is 0 Å². The molecule has 0 aliphatic carbocycles. The van der Waals surface area contributed by atoms with Crippen molar-refractivity contribution < 1.29 is 21.0 Å². The van der Waals surface area contributed by atoms with Gasteiger partial charge in [0.05, 0.1) is 0 Å². The van der Waals surface area contributed by atoms with E-state index in [9.17, 15) is 4.79 Å². The van der Waals surface area contributed by atoms with Gasteiger partial charge in [0.25, 0.3) is 0 Å². The predicted molar refractivity (Wildman–Crippen MR) is 45.3 cm³/mol. The van der Waals surface area contributed by atoms with Gasteiger partial charge in [0.2, 0.25) is 0 Å². The maximum absolute atomic E-state index is 11.2. The van der Waals surface area contributed by atoms with E-state index in [1.165, 1.54) is 3.92 Å². The number of hydrogen-bond donors (Lipinski definition) is 0. The van der Waals surface area contributed by atoms with Crippen molar-refractivity contribution in [3.63, 3.8) is 0 Å². The summed E-state index contributed by atoms with van der Waals surface area (Å²) < 4.78 is 2.42. The molecule has 0 atom stereocenters. The summed E-state index contributed by atoms with van der Waals surface area (Å²) in [5, 5.41) is 0. The van der Waals surface area contributed by atoms with Gasteiger partial charge in [-0.2, -0.15) is 0 Å². The van der Waals surface area contributed by atoms with Crippen LogP contribution in [0.5, 0.6) is 0 Å². The second kappa shape index (κ2) is 2.87. The molecule has 1 aromatic carbocycles. The predicted octanol–water partition coefficient (Wildman–Crippen LogP) is 1.80. The number of halogens is 1. The van der Waals surface area contributed by atoms with Crippen LogP contribution in [0.1, 0.15) is 5.56 Å². The number of carbonyl (C=O) groups is 1. The number of benzene rings is 1. The van der Waals surface area contributed by atoms with E-state index < -0.39 is 0 Å². The average molecular weight is 267 g/mol. The number of anilines is 1. The van der Waals surface area contributed by atoms with Crippen LogP contribution in [0.15, 0.2) is 22.7 Å². The van der Waals surface area contributed by atoms with Crippen LogP contribution >= 0.6 is 15.9 Å². The van der Waals surface area contributed by atoms with Gasteiger partial charge in [-0.1, -0.05) is 0 Å². The van der Waals surface area contributed by atoms with Gasteiger partial charge in [-0.3, -0.25) is 0 Å². The van der Waals surface area contributed by atoms with Gasteiger partial charge >= 0.3 is 87.1 Å². The van der Waals surface area contributed by atoms with Crippen molar-refractivity contribution in [2.24, 2.45) is 0 Å². The summed E-state index contributed by atoms with van der Waals surface area (Å²) in [4.78, 5) is 11.2. The molecule has 1 aromatic rings. The van der Waals surface area contributed by atoms with Gasteiger partial charge in [0, 0.05) is 0 Å². The van der Waals surface area contributed by atoms with Gasteiger partial charge < -0.3 is 0 Å². The van der Waals surface area contributed by atoms with Gasteiger partial charge in [-0.15, -0.1) is 0 Å². The van der Waals surface area contributed by atoms with E-state index in [0.29, 0.717) is 6.42 Å². The number of amides is 1. The quantitative estimate of drug-likeness (QED) is 0.656. The van der Waals surface area contributed by atoms with Crippen LogP contribution in [0.4, 0.5) is 5.69 Å². The van der Waals surface area contributed by atoms with Crippen LogP contribution in [0.25, 0.3) is 0 Å². The van der Waals surface area contributed by atoms with E-state index in [1.807, 2.05) is 18.2 Å². The second-order valence-electron chi connectivity index (χ2n) is 2.61. The van der Waals surface area contributed by atoms with Crippen molar-refractivity contribution in [1.29, 1.82) is 0 Å². The molecule has 0 unspecified atom stereocenters. The van der Waals surface area contributed by atoms with Gasteiger partial charge in [0.15, 0.2) is 0 Å². The van der Waals surface area contributed by atoms with Gasteiger partial charge in [-0.05, 0) is 0 Å². The minimum absolute atomic E-state index is 0.0584. The first kappa shape index (κ1) is 8.30. The first-order chi connectivity index (χ1) is 5.68. The fourth-order valence-electron chi connectivity index (χ4n) is 1.23. The van der Waals surface area contributed by atoms with Crippen LogP contribution in [0.2, 0.25) is 0 Å². The number of nitrogens with zero attached hydrogens (tertiary/aromatic N) is 1. The number of carbonyl (C=O) groups excluding carboxylic acids is 1. The Hall–Kier alpha value is -0.311. The van der Waals surface area contributed by atoms with Crippen LogP contribution < -0.4 is 3.92 Å². The van der Waals surface area contributed by atoms with Crippen LogP contribution in [-0.2, 0) is 27.4 Å². The van der Waals surface area contributed by atoms with Crippen LogP contribution in [0.3, 0.4) is 0 Å². The molecule has 0 spiro atoms. The molecular formula is C8H5BrFeNO. The Bertz CT molecular complexity index is 353.